The van der Waals surface area contributed by atoms with Crippen molar-refractivity contribution in [3.8, 4) is 0 Å². The highest BCUT2D eigenvalue weighted by Crippen LogP contribution is 2.23. The van der Waals surface area contributed by atoms with Crippen LogP contribution in [0.3, 0.4) is 0 Å². The largest absolute Gasteiger partial charge is 0.335 e. The van der Waals surface area contributed by atoms with Crippen LogP contribution >= 0.6 is 0 Å². The summed E-state index contributed by atoms with van der Waals surface area (Å²) in [7, 11) is 1.65. The molecule has 142 valence electrons. The Kier molecular flexibility index (Phi) is 5.69. The van der Waals surface area contributed by atoms with Crippen LogP contribution in [0.2, 0.25) is 0 Å². The summed E-state index contributed by atoms with van der Waals surface area (Å²) in [6.45, 7) is 1.87. The van der Waals surface area contributed by atoms with E-state index in [1.54, 1.807) is 43.4 Å². The number of carbonyl (C=O) groups excluding carboxylic acids is 2. The van der Waals surface area contributed by atoms with Gasteiger partial charge in [0.1, 0.15) is 5.56 Å². The molecule has 0 fully saturated rings. The van der Waals surface area contributed by atoms with Crippen LogP contribution in [-0.2, 0) is 0 Å². The Morgan fingerprint density at radius 3 is 2.46 bits per heavy atom. The van der Waals surface area contributed by atoms with E-state index in [1.807, 2.05) is 31.2 Å². The number of carbonyl (C=O) groups is 2. The highest BCUT2D eigenvalue weighted by atomic mass is 16.2. The fraction of sp³-hybridized carbons (Fsp3) is 0.136. The van der Waals surface area contributed by atoms with E-state index >= 15 is 0 Å². The van der Waals surface area contributed by atoms with E-state index in [1.165, 1.54) is 17.2 Å². The molecule has 0 saturated heterocycles. The molecule has 0 radical (unpaired) electrons. The molecule has 2 N–H and O–H groups in total. The number of nitrogens with one attached hydrogen (secondary N) is 2. The van der Waals surface area contributed by atoms with Crippen molar-refractivity contribution in [1.82, 2.24) is 9.88 Å². The zero-order valence-electron chi connectivity index (χ0n) is 15.7. The van der Waals surface area contributed by atoms with Gasteiger partial charge in [0.25, 0.3) is 17.4 Å². The number of hydrogen-bond donors (Lipinski definition) is 2. The number of aromatic nitrogens is 1. The Hall–Kier alpha value is -3.67. The predicted octanol–water partition coefficient (Wildman–Crippen LogP) is 3.46. The second-order valence-electron chi connectivity index (χ2n) is 6.45. The van der Waals surface area contributed by atoms with E-state index in [4.69, 9.17) is 0 Å². The van der Waals surface area contributed by atoms with Crippen molar-refractivity contribution >= 4 is 17.5 Å². The third-order valence-corrected chi connectivity index (χ3v) is 4.61. The van der Waals surface area contributed by atoms with Gasteiger partial charge in [-0.2, -0.15) is 0 Å². The van der Waals surface area contributed by atoms with Gasteiger partial charge in [0.2, 0.25) is 0 Å². The number of benzene rings is 2. The fourth-order valence-electron chi connectivity index (χ4n) is 2.85. The average Bonchev–Trinajstić information content (AvgIpc) is 2.73. The monoisotopic (exact) mass is 375 g/mol. The minimum absolute atomic E-state index is 0.0883. The van der Waals surface area contributed by atoms with E-state index in [9.17, 15) is 14.4 Å². The van der Waals surface area contributed by atoms with E-state index in [0.717, 1.165) is 5.56 Å². The Morgan fingerprint density at radius 2 is 1.75 bits per heavy atom. The summed E-state index contributed by atoms with van der Waals surface area (Å²) < 4.78 is 0. The number of anilines is 1. The lowest BCUT2D eigenvalue weighted by Gasteiger charge is -2.25. The summed E-state index contributed by atoms with van der Waals surface area (Å²) in [5, 5.41) is 2.87. The van der Waals surface area contributed by atoms with E-state index < -0.39 is 5.56 Å². The molecule has 2 aromatic carbocycles. The molecule has 3 aromatic rings. The number of aromatic amines is 1. The van der Waals surface area contributed by atoms with Gasteiger partial charge >= 0.3 is 0 Å². The van der Waals surface area contributed by atoms with Crippen LogP contribution in [0.1, 0.15) is 39.2 Å². The number of hydrogen-bond acceptors (Lipinski definition) is 3. The van der Waals surface area contributed by atoms with Crippen molar-refractivity contribution < 1.29 is 9.59 Å². The van der Waals surface area contributed by atoms with Crippen molar-refractivity contribution in [3.63, 3.8) is 0 Å². The van der Waals surface area contributed by atoms with Crippen LogP contribution in [0.25, 0.3) is 0 Å². The maximum atomic E-state index is 12.7. The van der Waals surface area contributed by atoms with Crippen molar-refractivity contribution in [3.05, 3.63) is 100.0 Å². The van der Waals surface area contributed by atoms with Gasteiger partial charge in [0.15, 0.2) is 0 Å². The number of rotatable bonds is 5. The van der Waals surface area contributed by atoms with Gasteiger partial charge in [0.05, 0.1) is 6.04 Å². The first-order chi connectivity index (χ1) is 13.5. The second kappa shape index (κ2) is 8.35. The van der Waals surface area contributed by atoms with E-state index in [-0.39, 0.29) is 23.4 Å². The zero-order chi connectivity index (χ0) is 20.1. The van der Waals surface area contributed by atoms with Gasteiger partial charge in [-0.1, -0.05) is 30.3 Å². The molecule has 0 bridgehead atoms. The smallest absolute Gasteiger partial charge is 0.260 e. The molecule has 6 nitrogen and oxygen atoms in total. The standard InChI is InChI=1S/C22H21N3O3/c1-15(25(2)22(28)19-12-7-13-23-21(19)27)17-10-6-11-18(14-17)24-20(26)16-8-4-3-5-9-16/h3-15H,1-2H3,(H,23,27)(H,24,26)/t15-/m1/s1. The van der Waals surface area contributed by atoms with Crippen LogP contribution in [0, 0.1) is 0 Å². The summed E-state index contributed by atoms with van der Waals surface area (Å²) in [6.07, 6.45) is 1.49. The molecule has 3 rings (SSSR count). The number of nitrogens with zero attached hydrogens (tertiary/aromatic N) is 1. The topological polar surface area (TPSA) is 82.3 Å². The molecule has 0 aliphatic carbocycles. The molecule has 6 heteroatoms. The third kappa shape index (κ3) is 4.17. The van der Waals surface area contributed by atoms with Gasteiger partial charge in [-0.05, 0) is 48.9 Å². The molecule has 1 aromatic heterocycles. The Balaban J connectivity index is 1.77. The molecule has 0 saturated carbocycles. The maximum Gasteiger partial charge on any atom is 0.260 e. The minimum atomic E-state index is -0.421. The summed E-state index contributed by atoms with van der Waals surface area (Å²) in [4.78, 5) is 40.9. The van der Waals surface area contributed by atoms with Gasteiger partial charge in [0, 0.05) is 24.5 Å². The van der Waals surface area contributed by atoms with Gasteiger partial charge < -0.3 is 15.2 Å². The van der Waals surface area contributed by atoms with Gasteiger partial charge in [-0.15, -0.1) is 0 Å². The molecule has 28 heavy (non-hydrogen) atoms. The summed E-state index contributed by atoms with van der Waals surface area (Å²) in [6, 6.07) is 19.1. The SMILES string of the molecule is C[C@H](c1cccc(NC(=O)c2ccccc2)c1)N(C)C(=O)c1ccc[nH]c1=O. The molecule has 0 unspecified atom stereocenters. The Labute approximate surface area is 162 Å². The summed E-state index contributed by atoms with van der Waals surface area (Å²) in [5.74, 6) is -0.571. The number of H-pyrrole nitrogens is 1. The zero-order valence-corrected chi connectivity index (χ0v) is 15.7. The molecule has 1 atom stereocenters. The van der Waals surface area contributed by atoms with Crippen LogP contribution in [-0.4, -0.2) is 28.7 Å². The van der Waals surface area contributed by atoms with Crippen LogP contribution < -0.4 is 10.9 Å². The lowest BCUT2D eigenvalue weighted by Crippen LogP contribution is -2.33. The number of amides is 2. The van der Waals surface area contributed by atoms with Crippen LogP contribution in [0.5, 0.6) is 0 Å². The van der Waals surface area contributed by atoms with Crippen molar-refractivity contribution in [2.24, 2.45) is 0 Å². The summed E-state index contributed by atoms with van der Waals surface area (Å²) >= 11 is 0. The van der Waals surface area contributed by atoms with Crippen LogP contribution in [0.4, 0.5) is 5.69 Å². The molecular formula is C22H21N3O3. The quantitative estimate of drug-likeness (QED) is 0.716. The highest BCUT2D eigenvalue weighted by Gasteiger charge is 2.21. The predicted molar refractivity (Wildman–Crippen MR) is 108 cm³/mol. The molecule has 0 spiro atoms. The first-order valence-electron chi connectivity index (χ1n) is 8.88. The van der Waals surface area contributed by atoms with E-state index in [0.29, 0.717) is 11.3 Å². The third-order valence-electron chi connectivity index (χ3n) is 4.61. The summed E-state index contributed by atoms with van der Waals surface area (Å²) in [5.41, 5.74) is 1.71. The second-order valence-corrected chi connectivity index (χ2v) is 6.45. The average molecular weight is 375 g/mol. The molecule has 1 heterocycles. The normalized spacial score (nSPS) is 11.5. The van der Waals surface area contributed by atoms with Crippen molar-refractivity contribution in [2.75, 3.05) is 12.4 Å². The Bertz CT molecular complexity index is 1040. The van der Waals surface area contributed by atoms with E-state index in [2.05, 4.69) is 10.3 Å². The Morgan fingerprint density at radius 1 is 1.00 bits per heavy atom. The molecular weight excluding hydrogens is 354 g/mol. The molecule has 0 aliphatic rings. The van der Waals surface area contributed by atoms with Crippen molar-refractivity contribution in [2.45, 2.75) is 13.0 Å². The molecule has 2 amide bonds. The molecule has 0 aliphatic heterocycles. The maximum absolute atomic E-state index is 12.7. The van der Waals surface area contributed by atoms with Crippen LogP contribution in [0.15, 0.2) is 77.7 Å². The first kappa shape index (κ1) is 19.1. The van der Waals surface area contributed by atoms with Crippen molar-refractivity contribution in [1.29, 1.82) is 0 Å². The first-order valence-corrected chi connectivity index (χ1v) is 8.88. The lowest BCUT2D eigenvalue weighted by molar-refractivity contribution is 0.0740. The fourth-order valence-corrected chi connectivity index (χ4v) is 2.85. The van der Waals surface area contributed by atoms with Gasteiger partial charge in [-0.3, -0.25) is 14.4 Å². The minimum Gasteiger partial charge on any atom is -0.335 e. The highest BCUT2D eigenvalue weighted by molar-refractivity contribution is 6.04. The number of pyridine rings is 1. The van der Waals surface area contributed by atoms with Gasteiger partial charge in [-0.25, -0.2) is 0 Å². The lowest BCUT2D eigenvalue weighted by atomic mass is 10.1.